The third-order valence-electron chi connectivity index (χ3n) is 4.78. The highest BCUT2D eigenvalue weighted by Crippen LogP contribution is 2.36. The number of rotatable bonds is 3. The van der Waals surface area contributed by atoms with Gasteiger partial charge in [-0.2, -0.15) is 0 Å². The molecule has 1 fully saturated rings. The van der Waals surface area contributed by atoms with Crippen molar-refractivity contribution in [2.24, 2.45) is 0 Å². The smallest absolute Gasteiger partial charge is 0.298 e. The number of halogens is 1. The van der Waals surface area contributed by atoms with Crippen molar-refractivity contribution >= 4 is 48.0 Å². The van der Waals surface area contributed by atoms with Gasteiger partial charge < -0.3 is 4.57 Å². The molecule has 1 aliphatic rings. The van der Waals surface area contributed by atoms with E-state index in [0.717, 1.165) is 33.6 Å². The van der Waals surface area contributed by atoms with Crippen LogP contribution in [0.25, 0.3) is 11.8 Å². The van der Waals surface area contributed by atoms with Crippen molar-refractivity contribution in [2.45, 2.75) is 13.8 Å². The highest BCUT2D eigenvalue weighted by Gasteiger charge is 2.36. The van der Waals surface area contributed by atoms with E-state index in [1.165, 1.54) is 6.07 Å². The number of aryl methyl sites for hydroxylation is 1. The molecule has 0 saturated carbocycles. The van der Waals surface area contributed by atoms with Crippen LogP contribution in [0.15, 0.2) is 59.5 Å². The Labute approximate surface area is 173 Å². The first-order valence-corrected chi connectivity index (χ1v) is 9.76. The second-order valence-electron chi connectivity index (χ2n) is 6.73. The summed E-state index contributed by atoms with van der Waals surface area (Å²) >= 11 is 0.895. The quantitative estimate of drug-likeness (QED) is 0.486. The maximum atomic E-state index is 14.4. The van der Waals surface area contributed by atoms with E-state index >= 15 is 0 Å². The van der Waals surface area contributed by atoms with Gasteiger partial charge in [-0.1, -0.05) is 29.7 Å². The van der Waals surface area contributed by atoms with E-state index in [2.05, 4.69) is 0 Å². The van der Waals surface area contributed by atoms with Crippen molar-refractivity contribution in [3.05, 3.63) is 82.3 Å². The van der Waals surface area contributed by atoms with Gasteiger partial charge in [-0.3, -0.25) is 9.59 Å². The molecule has 0 bridgehead atoms. The number of aromatic nitrogens is 1. The predicted octanol–water partition coefficient (Wildman–Crippen LogP) is 4.27. The number of para-hydroxylation sites is 1. The molecule has 2 heterocycles. The third-order valence-corrected chi connectivity index (χ3v) is 5.65. The number of hydrogen-bond donors (Lipinski definition) is 0. The Morgan fingerprint density at radius 2 is 1.76 bits per heavy atom. The summed E-state index contributed by atoms with van der Waals surface area (Å²) in [7, 11) is 5.65. The van der Waals surface area contributed by atoms with Gasteiger partial charge in [0.25, 0.3) is 11.1 Å². The summed E-state index contributed by atoms with van der Waals surface area (Å²) in [4.78, 5) is 26.7. The van der Waals surface area contributed by atoms with E-state index in [9.17, 15) is 14.0 Å². The molecule has 142 valence electrons. The second-order valence-corrected chi connectivity index (χ2v) is 7.72. The molecule has 0 N–H and O–H groups in total. The average molecular weight is 402 g/mol. The lowest BCUT2D eigenvalue weighted by atomic mass is 9.96. The summed E-state index contributed by atoms with van der Waals surface area (Å²) in [6.07, 6.45) is 1.68. The number of amides is 2. The third kappa shape index (κ3) is 3.42. The Kier molecular flexibility index (Phi) is 4.92. The molecule has 29 heavy (non-hydrogen) atoms. The Bertz CT molecular complexity index is 1170. The first-order chi connectivity index (χ1) is 13.9. The van der Waals surface area contributed by atoms with Gasteiger partial charge in [-0.05, 0) is 67.6 Å². The number of carbonyl (C=O) groups is 2. The summed E-state index contributed by atoms with van der Waals surface area (Å²) < 4.78 is 16.2. The summed E-state index contributed by atoms with van der Waals surface area (Å²) in [6.45, 7) is 3.70. The van der Waals surface area contributed by atoms with Crippen molar-refractivity contribution in [3.8, 4) is 5.69 Å². The molecule has 0 aliphatic carbocycles. The zero-order valence-electron chi connectivity index (χ0n) is 15.8. The molecule has 1 saturated heterocycles. The SMILES string of the molecule is [B]c1ccc(-n2c(C)cc(C=C3SC(=O)N(c4ccccc4)C3=O)c2C)c(F)c1. The average Bonchev–Trinajstić information content (AvgIpc) is 3.11. The molecule has 4 nitrogen and oxygen atoms in total. The van der Waals surface area contributed by atoms with Crippen LogP contribution < -0.4 is 10.4 Å². The molecule has 1 aliphatic heterocycles. The highest BCUT2D eigenvalue weighted by molar-refractivity contribution is 8.19. The second kappa shape index (κ2) is 7.41. The molecule has 0 unspecified atom stereocenters. The largest absolute Gasteiger partial charge is 0.315 e. The van der Waals surface area contributed by atoms with Gasteiger partial charge in [-0.25, -0.2) is 9.29 Å². The fourth-order valence-electron chi connectivity index (χ4n) is 3.42. The predicted molar refractivity (Wildman–Crippen MR) is 115 cm³/mol. The van der Waals surface area contributed by atoms with E-state index in [1.807, 2.05) is 26.0 Å². The summed E-state index contributed by atoms with van der Waals surface area (Å²) in [6, 6.07) is 15.2. The zero-order chi connectivity index (χ0) is 20.7. The molecule has 1 aromatic heterocycles. The minimum Gasteiger partial charge on any atom is -0.315 e. The van der Waals surface area contributed by atoms with Gasteiger partial charge in [-0.15, -0.1) is 0 Å². The number of thioether (sulfide) groups is 1. The topological polar surface area (TPSA) is 42.3 Å². The Morgan fingerprint density at radius 1 is 1.03 bits per heavy atom. The molecule has 0 spiro atoms. The zero-order valence-corrected chi connectivity index (χ0v) is 16.7. The van der Waals surface area contributed by atoms with Crippen LogP contribution in [0.1, 0.15) is 17.0 Å². The van der Waals surface area contributed by atoms with E-state index in [0.29, 0.717) is 21.7 Å². The maximum absolute atomic E-state index is 14.4. The van der Waals surface area contributed by atoms with Crippen molar-refractivity contribution in [2.75, 3.05) is 4.90 Å². The lowest BCUT2D eigenvalue weighted by Crippen LogP contribution is -2.27. The van der Waals surface area contributed by atoms with E-state index in [4.69, 9.17) is 7.85 Å². The molecule has 2 aromatic carbocycles. The molecule has 7 heteroatoms. The van der Waals surface area contributed by atoms with E-state index in [1.54, 1.807) is 47.0 Å². The summed E-state index contributed by atoms with van der Waals surface area (Å²) in [5.41, 5.74) is 3.58. The van der Waals surface area contributed by atoms with Crippen molar-refractivity contribution in [1.29, 1.82) is 0 Å². The van der Waals surface area contributed by atoms with Crippen molar-refractivity contribution < 1.29 is 14.0 Å². The van der Waals surface area contributed by atoms with Crippen LogP contribution in [0.4, 0.5) is 14.9 Å². The number of hydrogen-bond acceptors (Lipinski definition) is 3. The molecule has 4 rings (SSSR count). The maximum Gasteiger partial charge on any atom is 0.298 e. The van der Waals surface area contributed by atoms with Crippen LogP contribution in [-0.2, 0) is 4.79 Å². The van der Waals surface area contributed by atoms with Gasteiger partial charge in [0.1, 0.15) is 13.7 Å². The number of carbonyl (C=O) groups excluding carboxylic acids is 2. The Hall–Kier alpha value is -3.06. The first kappa shape index (κ1) is 19.3. The van der Waals surface area contributed by atoms with Gasteiger partial charge in [0, 0.05) is 11.4 Å². The van der Waals surface area contributed by atoms with Crippen LogP contribution >= 0.6 is 11.8 Å². The molecular weight excluding hydrogens is 386 g/mol. The summed E-state index contributed by atoms with van der Waals surface area (Å²) in [5.74, 6) is -0.794. The monoisotopic (exact) mass is 402 g/mol. The standard InChI is InChI=1S/C22H16BFN2O2S/c1-13-10-15(14(2)25(13)19-9-8-16(23)12-18(19)24)11-20-21(27)26(22(28)29-20)17-6-4-3-5-7-17/h3-12H,1-2H3. The minimum atomic E-state index is -0.428. The summed E-state index contributed by atoms with van der Waals surface area (Å²) in [5, 5.41) is -0.342. The highest BCUT2D eigenvalue weighted by atomic mass is 32.2. The lowest BCUT2D eigenvalue weighted by molar-refractivity contribution is -0.113. The van der Waals surface area contributed by atoms with Crippen LogP contribution in [0.3, 0.4) is 0 Å². The van der Waals surface area contributed by atoms with Crippen LogP contribution in [-0.4, -0.2) is 23.6 Å². The van der Waals surface area contributed by atoms with Gasteiger partial charge in [0.15, 0.2) is 0 Å². The van der Waals surface area contributed by atoms with Gasteiger partial charge in [0.2, 0.25) is 0 Å². The van der Waals surface area contributed by atoms with Crippen LogP contribution in [0, 0.1) is 19.7 Å². The lowest BCUT2D eigenvalue weighted by Gasteiger charge is -2.12. The van der Waals surface area contributed by atoms with Gasteiger partial charge in [0.05, 0.1) is 16.3 Å². The molecule has 2 radical (unpaired) electrons. The van der Waals surface area contributed by atoms with Crippen LogP contribution in [0.5, 0.6) is 0 Å². The number of nitrogens with zero attached hydrogens (tertiary/aromatic N) is 2. The Morgan fingerprint density at radius 3 is 2.45 bits per heavy atom. The molecule has 2 amide bonds. The van der Waals surface area contributed by atoms with E-state index < -0.39 is 5.82 Å². The van der Waals surface area contributed by atoms with Crippen molar-refractivity contribution in [3.63, 3.8) is 0 Å². The molecule has 3 aromatic rings. The number of benzene rings is 2. The first-order valence-electron chi connectivity index (χ1n) is 8.94. The Balaban J connectivity index is 1.73. The molecule has 0 atom stereocenters. The van der Waals surface area contributed by atoms with E-state index in [-0.39, 0.29) is 11.1 Å². The number of anilines is 1. The number of imide groups is 1. The van der Waals surface area contributed by atoms with Crippen LogP contribution in [0.2, 0.25) is 0 Å². The minimum absolute atomic E-state index is 0.330. The molecular formula is C22H16BFN2O2S. The fraction of sp³-hybridized carbons (Fsp3) is 0.0909. The van der Waals surface area contributed by atoms with Gasteiger partial charge >= 0.3 is 0 Å². The normalized spacial score (nSPS) is 15.6. The fourth-order valence-corrected chi connectivity index (χ4v) is 4.25. The van der Waals surface area contributed by atoms with Crippen molar-refractivity contribution in [1.82, 2.24) is 4.57 Å².